The van der Waals surface area contributed by atoms with Gasteiger partial charge in [-0.2, -0.15) is 0 Å². The molecule has 1 amide bonds. The predicted octanol–water partition coefficient (Wildman–Crippen LogP) is 2.11. The van der Waals surface area contributed by atoms with Gasteiger partial charge in [-0.05, 0) is 26.0 Å². The molecule has 1 aromatic carbocycles. The predicted molar refractivity (Wildman–Crippen MR) is 87.0 cm³/mol. The Labute approximate surface area is 134 Å². The fourth-order valence-corrected chi connectivity index (χ4v) is 2.80. The van der Waals surface area contributed by atoms with Gasteiger partial charge in [-0.1, -0.05) is 23.9 Å². The summed E-state index contributed by atoms with van der Waals surface area (Å²) in [5, 5.41) is 11.7. The zero-order valence-corrected chi connectivity index (χ0v) is 14.0. The molecule has 1 N–H and O–H groups in total. The van der Waals surface area contributed by atoms with Gasteiger partial charge in [0.2, 0.25) is 5.91 Å². The van der Waals surface area contributed by atoms with E-state index in [-0.39, 0.29) is 11.2 Å². The summed E-state index contributed by atoms with van der Waals surface area (Å²) in [5.74, 6) is 1.51. The van der Waals surface area contributed by atoms with Gasteiger partial charge in [0.1, 0.15) is 5.75 Å². The second kappa shape index (κ2) is 7.31. The lowest BCUT2D eigenvalue weighted by Crippen LogP contribution is -2.30. The van der Waals surface area contributed by atoms with E-state index in [1.165, 1.54) is 11.8 Å². The van der Waals surface area contributed by atoms with Crippen molar-refractivity contribution in [3.63, 3.8) is 0 Å². The van der Waals surface area contributed by atoms with E-state index in [0.29, 0.717) is 11.7 Å². The molecule has 0 fully saturated rings. The highest BCUT2D eigenvalue weighted by Crippen LogP contribution is 2.27. The number of amides is 1. The van der Waals surface area contributed by atoms with E-state index in [0.717, 1.165) is 17.1 Å². The highest BCUT2D eigenvalue weighted by Gasteiger charge is 2.18. The van der Waals surface area contributed by atoms with Crippen LogP contribution >= 0.6 is 11.8 Å². The summed E-state index contributed by atoms with van der Waals surface area (Å²) in [6.07, 6.45) is 0. The summed E-state index contributed by atoms with van der Waals surface area (Å²) in [6, 6.07) is 7.65. The summed E-state index contributed by atoms with van der Waals surface area (Å²) in [6.45, 7) is 4.38. The number of benzene rings is 1. The van der Waals surface area contributed by atoms with Gasteiger partial charge < -0.3 is 14.6 Å². The molecule has 0 spiro atoms. The van der Waals surface area contributed by atoms with E-state index in [2.05, 4.69) is 15.5 Å². The van der Waals surface area contributed by atoms with Crippen molar-refractivity contribution in [2.45, 2.75) is 24.3 Å². The van der Waals surface area contributed by atoms with E-state index in [1.807, 2.05) is 49.7 Å². The first-order valence-corrected chi connectivity index (χ1v) is 7.93. The summed E-state index contributed by atoms with van der Waals surface area (Å²) < 4.78 is 7.11. The van der Waals surface area contributed by atoms with Crippen molar-refractivity contribution in [1.82, 2.24) is 20.1 Å². The molecular weight excluding hydrogens is 300 g/mol. The number of rotatable bonds is 6. The van der Waals surface area contributed by atoms with Crippen LogP contribution in [0.4, 0.5) is 0 Å². The van der Waals surface area contributed by atoms with Crippen LogP contribution in [0.1, 0.15) is 13.8 Å². The van der Waals surface area contributed by atoms with Crippen LogP contribution in [0.5, 0.6) is 5.75 Å². The van der Waals surface area contributed by atoms with Crippen LogP contribution in [-0.4, -0.2) is 39.6 Å². The number of nitrogens with one attached hydrogen (secondary N) is 1. The molecule has 0 saturated carbocycles. The third-order valence-corrected chi connectivity index (χ3v) is 4.30. The fourth-order valence-electron chi connectivity index (χ4n) is 1.96. The van der Waals surface area contributed by atoms with E-state index >= 15 is 0 Å². The number of hydrogen-bond acceptors (Lipinski definition) is 5. The van der Waals surface area contributed by atoms with Crippen LogP contribution in [0.25, 0.3) is 11.4 Å². The summed E-state index contributed by atoms with van der Waals surface area (Å²) >= 11 is 1.39. The van der Waals surface area contributed by atoms with Gasteiger partial charge in [0.25, 0.3) is 0 Å². The zero-order chi connectivity index (χ0) is 16.1. The molecule has 0 saturated heterocycles. The third kappa shape index (κ3) is 3.59. The summed E-state index contributed by atoms with van der Waals surface area (Å²) in [7, 11) is 3.52. The average Bonchev–Trinajstić information content (AvgIpc) is 2.88. The number of nitrogens with zero attached hydrogens (tertiary/aromatic N) is 3. The normalized spacial score (nSPS) is 12.0. The Morgan fingerprint density at radius 3 is 2.91 bits per heavy atom. The molecule has 1 aromatic heterocycles. The molecule has 2 aromatic rings. The van der Waals surface area contributed by atoms with Crippen molar-refractivity contribution < 1.29 is 9.53 Å². The summed E-state index contributed by atoms with van der Waals surface area (Å²) in [5.41, 5.74) is 0.923. The number of ether oxygens (including phenoxy) is 1. The Kier molecular flexibility index (Phi) is 5.43. The maximum Gasteiger partial charge on any atom is 0.233 e. The fraction of sp³-hybridized carbons (Fsp3) is 0.400. The Balaban J connectivity index is 2.20. The molecule has 0 radical (unpaired) electrons. The van der Waals surface area contributed by atoms with Crippen LogP contribution in [0.2, 0.25) is 0 Å². The molecule has 1 unspecified atom stereocenters. The largest absolute Gasteiger partial charge is 0.497 e. The van der Waals surface area contributed by atoms with Gasteiger partial charge >= 0.3 is 0 Å². The highest BCUT2D eigenvalue weighted by molar-refractivity contribution is 8.00. The van der Waals surface area contributed by atoms with Crippen LogP contribution in [0.15, 0.2) is 29.4 Å². The van der Waals surface area contributed by atoms with E-state index in [9.17, 15) is 4.79 Å². The molecule has 0 bridgehead atoms. The highest BCUT2D eigenvalue weighted by atomic mass is 32.2. The number of hydrogen-bond donors (Lipinski definition) is 1. The molecule has 1 atom stereocenters. The molecule has 6 nitrogen and oxygen atoms in total. The van der Waals surface area contributed by atoms with E-state index in [1.54, 1.807) is 7.11 Å². The lowest BCUT2D eigenvalue weighted by molar-refractivity contribution is -0.120. The zero-order valence-electron chi connectivity index (χ0n) is 13.2. The Hall–Kier alpha value is -2.02. The lowest BCUT2D eigenvalue weighted by Gasteiger charge is -2.10. The van der Waals surface area contributed by atoms with Crippen LogP contribution in [0.3, 0.4) is 0 Å². The third-order valence-electron chi connectivity index (χ3n) is 3.17. The van der Waals surface area contributed by atoms with Gasteiger partial charge in [0.05, 0.1) is 12.4 Å². The van der Waals surface area contributed by atoms with Crippen molar-refractivity contribution in [2.75, 3.05) is 13.7 Å². The number of carbonyl (C=O) groups excluding carboxylic acids is 1. The number of thioether (sulfide) groups is 1. The smallest absolute Gasteiger partial charge is 0.233 e. The van der Waals surface area contributed by atoms with E-state index in [4.69, 9.17) is 4.74 Å². The first-order chi connectivity index (χ1) is 10.6. The monoisotopic (exact) mass is 320 g/mol. The minimum atomic E-state index is -0.221. The maximum atomic E-state index is 11.8. The van der Waals surface area contributed by atoms with Crippen molar-refractivity contribution in [3.8, 4) is 17.1 Å². The van der Waals surface area contributed by atoms with Crippen LogP contribution in [-0.2, 0) is 11.8 Å². The van der Waals surface area contributed by atoms with Crippen molar-refractivity contribution in [1.29, 1.82) is 0 Å². The minimum absolute atomic E-state index is 0.00145. The molecular formula is C15H20N4O2S. The SMILES string of the molecule is CCNC(=O)C(C)Sc1nnc(-c2cccc(OC)c2)n1C. The number of aromatic nitrogens is 3. The Bertz CT molecular complexity index is 657. The molecule has 0 aliphatic rings. The Morgan fingerprint density at radius 1 is 1.45 bits per heavy atom. The molecule has 0 aliphatic carbocycles. The second-order valence-electron chi connectivity index (χ2n) is 4.75. The molecule has 22 heavy (non-hydrogen) atoms. The van der Waals surface area contributed by atoms with Gasteiger partial charge in [-0.15, -0.1) is 10.2 Å². The average molecular weight is 320 g/mol. The van der Waals surface area contributed by atoms with Crippen molar-refractivity contribution in [2.24, 2.45) is 7.05 Å². The van der Waals surface area contributed by atoms with Crippen LogP contribution in [0, 0.1) is 0 Å². The molecule has 0 aliphatic heterocycles. The van der Waals surface area contributed by atoms with Gasteiger partial charge in [-0.3, -0.25) is 4.79 Å². The van der Waals surface area contributed by atoms with Gasteiger partial charge in [0, 0.05) is 19.2 Å². The minimum Gasteiger partial charge on any atom is -0.497 e. The lowest BCUT2D eigenvalue weighted by atomic mass is 10.2. The topological polar surface area (TPSA) is 69.0 Å². The van der Waals surface area contributed by atoms with E-state index < -0.39 is 0 Å². The van der Waals surface area contributed by atoms with Gasteiger partial charge in [0.15, 0.2) is 11.0 Å². The summed E-state index contributed by atoms with van der Waals surface area (Å²) in [4.78, 5) is 11.8. The number of carbonyl (C=O) groups is 1. The Morgan fingerprint density at radius 2 is 2.23 bits per heavy atom. The standard InChI is InChI=1S/C15H20N4O2S/c1-5-16-14(20)10(2)22-15-18-17-13(19(15)3)11-7-6-8-12(9-11)21-4/h6-10H,5H2,1-4H3,(H,16,20). The maximum absolute atomic E-state index is 11.8. The van der Waals surface area contributed by atoms with Crippen molar-refractivity contribution in [3.05, 3.63) is 24.3 Å². The molecule has 7 heteroatoms. The molecule has 118 valence electrons. The molecule has 1 heterocycles. The second-order valence-corrected chi connectivity index (χ2v) is 6.06. The van der Waals surface area contributed by atoms with Gasteiger partial charge in [-0.25, -0.2) is 0 Å². The molecule has 2 rings (SSSR count). The quantitative estimate of drug-likeness (QED) is 0.826. The van der Waals surface area contributed by atoms with Crippen LogP contribution < -0.4 is 10.1 Å². The number of methoxy groups -OCH3 is 1. The van der Waals surface area contributed by atoms with Crippen molar-refractivity contribution >= 4 is 17.7 Å². The first kappa shape index (κ1) is 16.4. The first-order valence-electron chi connectivity index (χ1n) is 7.05.